The maximum Gasteiger partial charge on any atom is 0.159 e. The van der Waals surface area contributed by atoms with Gasteiger partial charge in [0, 0.05) is 12.0 Å². The third kappa shape index (κ3) is 2.09. The summed E-state index contributed by atoms with van der Waals surface area (Å²) in [5, 5.41) is 3.78. The number of carbonyl (C=O) groups is 1. The van der Waals surface area contributed by atoms with Gasteiger partial charge < -0.3 is 4.52 Å². The van der Waals surface area contributed by atoms with Gasteiger partial charge in [-0.05, 0) is 44.3 Å². The second kappa shape index (κ2) is 4.32. The van der Waals surface area contributed by atoms with Crippen LogP contribution in [-0.4, -0.2) is 10.9 Å². The molecule has 90 valence electrons. The molecule has 0 N–H and O–H groups in total. The van der Waals surface area contributed by atoms with Crippen molar-refractivity contribution in [1.29, 1.82) is 0 Å². The molecule has 3 nitrogen and oxygen atoms in total. The summed E-state index contributed by atoms with van der Waals surface area (Å²) in [6, 6.07) is 0. The molecule has 0 amide bonds. The van der Waals surface area contributed by atoms with E-state index in [-0.39, 0.29) is 11.7 Å². The number of hydrogen-bond donors (Lipinski definition) is 0. The summed E-state index contributed by atoms with van der Waals surface area (Å²) >= 11 is 0. The number of hydrogen-bond acceptors (Lipinski definition) is 3. The van der Waals surface area contributed by atoms with Gasteiger partial charge in [-0.25, -0.2) is 0 Å². The minimum absolute atomic E-state index is 0.208. The van der Waals surface area contributed by atoms with Crippen molar-refractivity contribution in [1.82, 2.24) is 5.16 Å². The average molecular weight is 231 g/mol. The highest BCUT2D eigenvalue weighted by molar-refractivity contribution is 6.04. The van der Waals surface area contributed by atoms with Crippen LogP contribution in [0, 0.1) is 12.8 Å². The first-order valence-electron chi connectivity index (χ1n) is 5.80. The molecule has 0 radical (unpaired) electrons. The molecule has 0 saturated carbocycles. The lowest BCUT2D eigenvalue weighted by Gasteiger charge is -2.25. The highest BCUT2D eigenvalue weighted by atomic mass is 16.5. The number of allylic oxidation sites excluding steroid dienone is 3. The lowest BCUT2D eigenvalue weighted by Crippen LogP contribution is -2.18. The molecule has 0 aromatic carbocycles. The Morgan fingerprint density at radius 2 is 2.18 bits per heavy atom. The zero-order valence-electron chi connectivity index (χ0n) is 10.5. The van der Waals surface area contributed by atoms with E-state index in [1.54, 1.807) is 6.20 Å². The van der Waals surface area contributed by atoms with Gasteiger partial charge in [-0.15, -0.1) is 0 Å². The maximum absolute atomic E-state index is 12.0. The molecule has 2 rings (SSSR count). The molecule has 0 spiro atoms. The molecule has 1 unspecified atom stereocenters. The van der Waals surface area contributed by atoms with Crippen molar-refractivity contribution in [2.75, 3.05) is 0 Å². The lowest BCUT2D eigenvalue weighted by molar-refractivity contribution is -0.116. The van der Waals surface area contributed by atoms with Crippen molar-refractivity contribution in [2.45, 2.75) is 33.6 Å². The number of carbonyl (C=O) groups excluding carboxylic acids is 1. The summed E-state index contributed by atoms with van der Waals surface area (Å²) in [4.78, 5) is 12.0. The van der Waals surface area contributed by atoms with Gasteiger partial charge in [-0.3, -0.25) is 4.79 Å². The maximum atomic E-state index is 12.0. The minimum atomic E-state index is 0.208. The summed E-state index contributed by atoms with van der Waals surface area (Å²) in [6.07, 6.45) is 3.13. The Kier molecular flexibility index (Phi) is 3.01. The van der Waals surface area contributed by atoms with Gasteiger partial charge in [0.2, 0.25) is 0 Å². The Morgan fingerprint density at radius 3 is 2.71 bits per heavy atom. The number of nitrogens with zero attached hydrogens (tertiary/aromatic N) is 1. The Labute approximate surface area is 101 Å². The van der Waals surface area contributed by atoms with Crippen molar-refractivity contribution in [3.05, 3.63) is 35.2 Å². The Hall–Kier alpha value is -1.64. The van der Waals surface area contributed by atoms with Crippen LogP contribution >= 0.6 is 0 Å². The fourth-order valence-electron chi connectivity index (χ4n) is 2.27. The molecule has 1 aliphatic rings. The number of aromatic nitrogens is 1. The van der Waals surface area contributed by atoms with E-state index in [4.69, 9.17) is 4.52 Å². The quantitative estimate of drug-likeness (QED) is 0.733. The second-order valence-corrected chi connectivity index (χ2v) is 4.77. The zero-order valence-corrected chi connectivity index (χ0v) is 10.5. The molecule has 1 atom stereocenters. The predicted molar refractivity (Wildman–Crippen MR) is 66.4 cm³/mol. The van der Waals surface area contributed by atoms with Crippen molar-refractivity contribution >= 4 is 11.4 Å². The van der Waals surface area contributed by atoms with E-state index in [9.17, 15) is 4.79 Å². The van der Waals surface area contributed by atoms with Gasteiger partial charge in [0.05, 0.1) is 6.20 Å². The topological polar surface area (TPSA) is 43.1 Å². The zero-order chi connectivity index (χ0) is 12.6. The fourth-order valence-corrected chi connectivity index (χ4v) is 2.27. The number of ketones is 1. The van der Waals surface area contributed by atoms with Crippen LogP contribution in [0.3, 0.4) is 0 Å². The molecule has 3 heteroatoms. The third-order valence-corrected chi connectivity index (χ3v) is 3.53. The highest BCUT2D eigenvalue weighted by Gasteiger charge is 2.27. The van der Waals surface area contributed by atoms with Crippen LogP contribution in [0.25, 0.3) is 5.57 Å². The first-order valence-corrected chi connectivity index (χ1v) is 5.80. The van der Waals surface area contributed by atoms with E-state index in [0.29, 0.717) is 6.42 Å². The number of rotatable bonds is 2. The number of aryl methyl sites for hydroxylation is 1. The Bertz CT molecular complexity index is 508. The summed E-state index contributed by atoms with van der Waals surface area (Å²) in [7, 11) is 0. The minimum Gasteiger partial charge on any atom is -0.361 e. The summed E-state index contributed by atoms with van der Waals surface area (Å²) in [5.41, 5.74) is 3.93. The number of Topliss-reactive ketones (excluding diaryl/α,β-unsaturated/α-hetero) is 1. The van der Waals surface area contributed by atoms with Crippen LogP contribution < -0.4 is 0 Å². The Morgan fingerprint density at radius 1 is 1.47 bits per heavy atom. The molecule has 17 heavy (non-hydrogen) atoms. The Balaban J connectivity index is 2.44. The molecular weight excluding hydrogens is 214 g/mol. The van der Waals surface area contributed by atoms with Gasteiger partial charge in [-0.2, -0.15) is 0 Å². The SMILES string of the molecule is C=C(C)C1CC(=O)C(C)=C(c2cnoc2C)C1. The molecule has 1 aliphatic carbocycles. The molecule has 0 bridgehead atoms. The average Bonchev–Trinajstić information content (AvgIpc) is 2.68. The first-order chi connectivity index (χ1) is 8.00. The summed E-state index contributed by atoms with van der Waals surface area (Å²) in [5.74, 6) is 1.23. The van der Waals surface area contributed by atoms with Gasteiger partial charge in [-0.1, -0.05) is 17.3 Å². The van der Waals surface area contributed by atoms with Gasteiger partial charge in [0.1, 0.15) is 5.76 Å². The normalized spacial score (nSPS) is 20.9. The van der Waals surface area contributed by atoms with Gasteiger partial charge in [0.15, 0.2) is 5.78 Å². The lowest BCUT2D eigenvalue weighted by atomic mass is 9.78. The monoisotopic (exact) mass is 231 g/mol. The molecule has 1 aromatic rings. The van der Waals surface area contributed by atoms with Crippen LogP contribution in [0.4, 0.5) is 0 Å². The standard InChI is InChI=1S/C14H17NO2/c1-8(2)11-5-12(9(3)14(16)6-11)13-7-15-17-10(13)4/h7,11H,1,5-6H2,2-4H3. The molecule has 1 aromatic heterocycles. The fraction of sp³-hybridized carbons (Fsp3) is 0.429. The van der Waals surface area contributed by atoms with E-state index in [1.807, 2.05) is 20.8 Å². The van der Waals surface area contributed by atoms with Crippen LogP contribution in [0.1, 0.15) is 38.0 Å². The van der Waals surface area contributed by atoms with Crippen LogP contribution in [0.5, 0.6) is 0 Å². The molecular formula is C14H17NO2. The van der Waals surface area contributed by atoms with Crippen LogP contribution in [0.15, 0.2) is 28.4 Å². The van der Waals surface area contributed by atoms with E-state index in [0.717, 1.165) is 34.5 Å². The third-order valence-electron chi connectivity index (χ3n) is 3.53. The van der Waals surface area contributed by atoms with Crippen LogP contribution in [0.2, 0.25) is 0 Å². The second-order valence-electron chi connectivity index (χ2n) is 4.77. The highest BCUT2D eigenvalue weighted by Crippen LogP contribution is 2.37. The first kappa shape index (κ1) is 11.8. The van der Waals surface area contributed by atoms with E-state index in [1.165, 1.54) is 0 Å². The van der Waals surface area contributed by atoms with Crippen molar-refractivity contribution in [3.8, 4) is 0 Å². The largest absolute Gasteiger partial charge is 0.361 e. The van der Waals surface area contributed by atoms with Crippen molar-refractivity contribution in [3.63, 3.8) is 0 Å². The van der Waals surface area contributed by atoms with Gasteiger partial charge in [0.25, 0.3) is 0 Å². The molecule has 0 fully saturated rings. The van der Waals surface area contributed by atoms with Crippen molar-refractivity contribution < 1.29 is 9.32 Å². The molecule has 0 aliphatic heterocycles. The van der Waals surface area contributed by atoms with E-state index in [2.05, 4.69) is 11.7 Å². The summed E-state index contributed by atoms with van der Waals surface area (Å²) < 4.78 is 5.08. The predicted octanol–water partition coefficient (Wildman–Crippen LogP) is 3.31. The van der Waals surface area contributed by atoms with Gasteiger partial charge >= 0.3 is 0 Å². The smallest absolute Gasteiger partial charge is 0.159 e. The van der Waals surface area contributed by atoms with Crippen molar-refractivity contribution in [2.24, 2.45) is 5.92 Å². The van der Waals surface area contributed by atoms with E-state index < -0.39 is 0 Å². The van der Waals surface area contributed by atoms with Crippen LogP contribution in [-0.2, 0) is 4.79 Å². The molecule has 1 heterocycles. The summed E-state index contributed by atoms with van der Waals surface area (Å²) in [6.45, 7) is 9.71. The van der Waals surface area contributed by atoms with E-state index >= 15 is 0 Å². The molecule has 0 saturated heterocycles.